The highest BCUT2D eigenvalue weighted by molar-refractivity contribution is 14.1. The van der Waals surface area contributed by atoms with Crippen LogP contribution in [-0.4, -0.2) is 18.1 Å². The van der Waals surface area contributed by atoms with Gasteiger partial charge in [0.1, 0.15) is 6.61 Å². The predicted molar refractivity (Wildman–Crippen MR) is 81.2 cm³/mol. The third kappa shape index (κ3) is 5.83. The molecule has 17 heavy (non-hydrogen) atoms. The van der Waals surface area contributed by atoms with Crippen molar-refractivity contribution in [2.75, 3.05) is 11.9 Å². The molecule has 0 heterocycles. The fraction of sp³-hybridized carbons (Fsp3) is 0.417. The van der Waals surface area contributed by atoms with E-state index >= 15 is 0 Å². The molecule has 0 fully saturated rings. The summed E-state index contributed by atoms with van der Waals surface area (Å²) in [5, 5.41) is 2.79. The van der Waals surface area contributed by atoms with Crippen LogP contribution in [-0.2, 0) is 9.53 Å². The van der Waals surface area contributed by atoms with Gasteiger partial charge in [-0.2, -0.15) is 0 Å². The second-order valence-electron chi connectivity index (χ2n) is 4.58. The van der Waals surface area contributed by atoms with E-state index in [9.17, 15) is 4.79 Å². The molecule has 94 valence electrons. The van der Waals surface area contributed by atoms with Crippen LogP contribution in [0.5, 0.6) is 0 Å². The molecule has 0 bridgehead atoms. The number of anilines is 1. The summed E-state index contributed by atoms with van der Waals surface area (Å²) < 4.78 is 7.46. The minimum Gasteiger partial charge on any atom is -0.366 e. The van der Waals surface area contributed by atoms with Crippen molar-refractivity contribution in [2.24, 2.45) is 0 Å². The van der Waals surface area contributed by atoms with Crippen molar-refractivity contribution in [1.82, 2.24) is 0 Å². The summed E-state index contributed by atoms with van der Waals surface area (Å²) in [4.78, 5) is 11.6. The van der Waals surface area contributed by atoms with Crippen molar-refractivity contribution in [3.8, 4) is 0 Å². The first-order chi connectivity index (χ1) is 7.78. The quantitative estimate of drug-likeness (QED) is 0.768. The van der Waals surface area contributed by atoms with E-state index in [1.165, 1.54) is 0 Å². The number of carbonyl (C=O) groups excluding carboxylic acids is 1. The van der Waals surface area contributed by atoms with E-state index in [4.69, 9.17) is 4.74 Å². The van der Waals surface area contributed by atoms with Crippen molar-refractivity contribution in [1.29, 1.82) is 0 Å². The Morgan fingerprint density at radius 1 is 1.47 bits per heavy atom. The molecule has 0 radical (unpaired) electrons. The summed E-state index contributed by atoms with van der Waals surface area (Å²) >= 11 is 5.63. The maximum Gasteiger partial charge on any atom is 0.250 e. The Morgan fingerprint density at radius 2 is 2.12 bits per heavy atom. The van der Waals surface area contributed by atoms with Crippen LogP contribution < -0.4 is 5.32 Å². The van der Waals surface area contributed by atoms with E-state index in [0.29, 0.717) is 0 Å². The molecule has 5 heteroatoms. The predicted octanol–water partition coefficient (Wildman–Crippen LogP) is 3.81. The molecule has 0 saturated carbocycles. The molecule has 1 rings (SSSR count). The summed E-state index contributed by atoms with van der Waals surface area (Å²) in [7, 11) is 0. The lowest BCUT2D eigenvalue weighted by atomic mass is 10.2. The van der Waals surface area contributed by atoms with Gasteiger partial charge in [0, 0.05) is 13.7 Å². The third-order valence-electron chi connectivity index (χ3n) is 1.84. The monoisotopic (exact) mass is 411 g/mol. The van der Waals surface area contributed by atoms with Crippen LogP contribution >= 0.6 is 38.5 Å². The smallest absolute Gasteiger partial charge is 0.250 e. The van der Waals surface area contributed by atoms with Crippen LogP contribution in [0.4, 0.5) is 5.69 Å². The molecule has 0 aromatic heterocycles. The van der Waals surface area contributed by atoms with Gasteiger partial charge in [-0.15, -0.1) is 0 Å². The number of nitrogens with one attached hydrogen (secondary N) is 1. The second-order valence-corrected chi connectivity index (χ2v) is 6.59. The molecule has 0 aliphatic rings. The number of rotatable bonds is 3. The van der Waals surface area contributed by atoms with Crippen LogP contribution in [0.15, 0.2) is 22.7 Å². The van der Waals surface area contributed by atoms with E-state index in [1.54, 1.807) is 0 Å². The van der Waals surface area contributed by atoms with Gasteiger partial charge in [0.25, 0.3) is 0 Å². The summed E-state index contributed by atoms with van der Waals surface area (Å²) in [5.41, 5.74) is 0.462. The van der Waals surface area contributed by atoms with Crippen LogP contribution in [0.1, 0.15) is 20.8 Å². The SMILES string of the molecule is CC(C)(C)OCC(=O)Nc1ccc(I)c(Br)c1. The van der Waals surface area contributed by atoms with Gasteiger partial charge >= 0.3 is 0 Å². The Morgan fingerprint density at radius 3 is 2.65 bits per heavy atom. The van der Waals surface area contributed by atoms with E-state index in [0.717, 1.165) is 13.7 Å². The van der Waals surface area contributed by atoms with Crippen molar-refractivity contribution in [2.45, 2.75) is 26.4 Å². The minimum absolute atomic E-state index is 0.0626. The number of halogens is 2. The lowest BCUT2D eigenvalue weighted by Crippen LogP contribution is -2.27. The zero-order valence-corrected chi connectivity index (χ0v) is 13.8. The number of hydrogen-bond acceptors (Lipinski definition) is 2. The Balaban J connectivity index is 2.54. The first-order valence-electron chi connectivity index (χ1n) is 5.17. The average Bonchev–Trinajstić information content (AvgIpc) is 2.20. The summed E-state index contributed by atoms with van der Waals surface area (Å²) in [6.45, 7) is 5.82. The number of amides is 1. The zero-order valence-electron chi connectivity index (χ0n) is 10.0. The lowest BCUT2D eigenvalue weighted by molar-refractivity contribution is -0.125. The highest BCUT2D eigenvalue weighted by Gasteiger charge is 2.13. The van der Waals surface area contributed by atoms with Crippen LogP contribution in [0.2, 0.25) is 0 Å². The number of carbonyl (C=O) groups is 1. The lowest BCUT2D eigenvalue weighted by Gasteiger charge is -2.19. The first kappa shape index (κ1) is 14.9. The molecule has 0 spiro atoms. The summed E-state index contributed by atoms with van der Waals surface area (Å²) in [5.74, 6) is -0.145. The molecule has 1 N–H and O–H groups in total. The van der Waals surface area contributed by atoms with E-state index in [1.807, 2.05) is 39.0 Å². The Hall–Kier alpha value is -0.140. The molecule has 3 nitrogen and oxygen atoms in total. The molecular weight excluding hydrogens is 397 g/mol. The molecule has 1 aromatic rings. The van der Waals surface area contributed by atoms with Gasteiger partial charge in [-0.1, -0.05) is 0 Å². The fourth-order valence-electron chi connectivity index (χ4n) is 1.05. The van der Waals surface area contributed by atoms with E-state index in [-0.39, 0.29) is 18.1 Å². The fourth-order valence-corrected chi connectivity index (χ4v) is 1.77. The van der Waals surface area contributed by atoms with Gasteiger partial charge < -0.3 is 10.1 Å². The van der Waals surface area contributed by atoms with Crippen molar-refractivity contribution < 1.29 is 9.53 Å². The number of ether oxygens (including phenoxy) is 1. The highest BCUT2D eigenvalue weighted by atomic mass is 127. The minimum atomic E-state index is -0.302. The maximum atomic E-state index is 11.6. The number of benzene rings is 1. The normalized spacial score (nSPS) is 11.4. The number of hydrogen-bond donors (Lipinski definition) is 1. The van der Waals surface area contributed by atoms with Crippen molar-refractivity contribution in [3.05, 3.63) is 26.2 Å². The van der Waals surface area contributed by atoms with Gasteiger partial charge in [0.2, 0.25) is 5.91 Å². The molecule has 1 amide bonds. The van der Waals surface area contributed by atoms with Gasteiger partial charge in [-0.3, -0.25) is 4.79 Å². The molecule has 1 aromatic carbocycles. The van der Waals surface area contributed by atoms with Crippen LogP contribution in [0, 0.1) is 3.57 Å². The topological polar surface area (TPSA) is 38.3 Å². The van der Waals surface area contributed by atoms with Gasteiger partial charge in [-0.25, -0.2) is 0 Å². The first-order valence-corrected chi connectivity index (χ1v) is 7.04. The average molecular weight is 412 g/mol. The van der Waals surface area contributed by atoms with Gasteiger partial charge in [0.15, 0.2) is 0 Å². The maximum absolute atomic E-state index is 11.6. The second kappa shape index (κ2) is 6.15. The molecule has 0 aliphatic carbocycles. The molecular formula is C12H15BrINO2. The largest absolute Gasteiger partial charge is 0.366 e. The third-order valence-corrected chi connectivity index (χ3v) is 4.18. The van der Waals surface area contributed by atoms with Crippen molar-refractivity contribution in [3.63, 3.8) is 0 Å². The van der Waals surface area contributed by atoms with E-state index in [2.05, 4.69) is 43.8 Å². The Bertz CT molecular complexity index is 415. The van der Waals surface area contributed by atoms with Crippen LogP contribution in [0.3, 0.4) is 0 Å². The Labute approximate surface area is 124 Å². The summed E-state index contributed by atoms with van der Waals surface area (Å²) in [6, 6.07) is 5.67. The highest BCUT2D eigenvalue weighted by Crippen LogP contribution is 2.22. The van der Waals surface area contributed by atoms with Crippen molar-refractivity contribution >= 4 is 50.1 Å². The Kier molecular flexibility index (Phi) is 5.40. The zero-order chi connectivity index (χ0) is 13.1. The van der Waals surface area contributed by atoms with E-state index < -0.39 is 0 Å². The van der Waals surface area contributed by atoms with Gasteiger partial charge in [-0.05, 0) is 77.5 Å². The standard InChI is InChI=1S/C12H15BrINO2/c1-12(2,3)17-7-11(16)15-8-4-5-10(14)9(13)6-8/h4-6H,7H2,1-3H3,(H,15,16). The van der Waals surface area contributed by atoms with Gasteiger partial charge in [0.05, 0.1) is 5.60 Å². The summed E-state index contributed by atoms with van der Waals surface area (Å²) in [6.07, 6.45) is 0. The molecule has 0 saturated heterocycles. The molecule has 0 atom stereocenters. The molecule has 0 aliphatic heterocycles. The molecule has 0 unspecified atom stereocenters. The van der Waals surface area contributed by atoms with Crippen LogP contribution in [0.25, 0.3) is 0 Å².